The Balaban J connectivity index is 1.31. The topological polar surface area (TPSA) is 154 Å². The average molecular weight is 612 g/mol. The predicted octanol–water partition coefficient (Wildman–Crippen LogP) is 3.23. The maximum absolute atomic E-state index is 16.0. The van der Waals surface area contributed by atoms with Crippen molar-refractivity contribution in [3.63, 3.8) is 0 Å². The normalized spacial score (nSPS) is 16.8. The Bertz CT molecular complexity index is 1980. The second-order valence-corrected chi connectivity index (χ2v) is 11.6. The molecule has 0 spiro atoms. The van der Waals surface area contributed by atoms with Crippen LogP contribution in [0, 0.1) is 11.6 Å². The van der Waals surface area contributed by atoms with Crippen molar-refractivity contribution in [2.45, 2.75) is 37.5 Å². The molecule has 2 aliphatic carbocycles. The number of pyridine rings is 1. The molecule has 2 saturated carbocycles. The van der Waals surface area contributed by atoms with Crippen LogP contribution < -0.4 is 16.3 Å². The summed E-state index contributed by atoms with van der Waals surface area (Å²) < 4.78 is 33.6. The predicted molar refractivity (Wildman–Crippen MR) is 159 cm³/mol. The lowest BCUT2D eigenvalue weighted by Gasteiger charge is -2.35. The van der Waals surface area contributed by atoms with Crippen molar-refractivity contribution in [1.82, 2.24) is 44.2 Å². The third-order valence-electron chi connectivity index (χ3n) is 8.58. The zero-order valence-corrected chi connectivity index (χ0v) is 24.0. The first-order chi connectivity index (χ1) is 21.9. The smallest absolute Gasteiger partial charge is 0.355 e. The highest BCUT2D eigenvalue weighted by Gasteiger charge is 2.37. The van der Waals surface area contributed by atoms with Gasteiger partial charge in [0.1, 0.15) is 36.3 Å². The number of aromatic nitrogens is 8. The van der Waals surface area contributed by atoms with Crippen molar-refractivity contribution >= 4 is 28.6 Å². The molecule has 0 unspecified atom stereocenters. The minimum absolute atomic E-state index is 0.0116. The minimum atomic E-state index is -0.818. The first-order valence-electron chi connectivity index (χ1n) is 14.8. The molecule has 45 heavy (non-hydrogen) atoms. The fraction of sp³-hybridized carbons (Fsp3) is 0.333. The van der Waals surface area contributed by atoms with Gasteiger partial charge in [-0.1, -0.05) is 6.07 Å². The highest BCUT2D eigenvalue weighted by atomic mass is 19.1. The third-order valence-corrected chi connectivity index (χ3v) is 8.58. The molecule has 1 saturated heterocycles. The summed E-state index contributed by atoms with van der Waals surface area (Å²) in [4.78, 5) is 52.5. The Hall–Kier alpha value is -5.34. The van der Waals surface area contributed by atoms with Crippen LogP contribution in [0.3, 0.4) is 0 Å². The summed E-state index contributed by atoms with van der Waals surface area (Å²) >= 11 is 0. The summed E-state index contributed by atoms with van der Waals surface area (Å²) in [6.07, 6.45) is 7.82. The van der Waals surface area contributed by atoms with Crippen LogP contribution in [-0.2, 0) is 0 Å². The molecule has 0 bridgehead atoms. The molecule has 1 aromatic carbocycles. The lowest BCUT2D eigenvalue weighted by molar-refractivity contribution is 0.192. The molecule has 3 fully saturated rings. The van der Waals surface area contributed by atoms with E-state index in [4.69, 9.17) is 5.73 Å². The van der Waals surface area contributed by atoms with Crippen LogP contribution in [0.4, 0.5) is 25.1 Å². The van der Waals surface area contributed by atoms with Gasteiger partial charge in [0.25, 0.3) is 0 Å². The fourth-order valence-corrected chi connectivity index (χ4v) is 6.02. The number of carbonyl (C=O) groups excluding carboxylic acids is 1. The van der Waals surface area contributed by atoms with Gasteiger partial charge in [0.2, 0.25) is 0 Å². The SMILES string of the molecule is Nc1cccc(F)c1-c1nc2c(cc1F)c(N1CCN(C(=O)n3cncn3)CC1)nc(=O)n2-c1c(C2CC2)ncnc1C1CC1. The summed E-state index contributed by atoms with van der Waals surface area (Å²) in [6.45, 7) is 1.22. The number of fused-ring (bicyclic) bond motifs is 1. The van der Waals surface area contributed by atoms with Crippen LogP contribution in [0.5, 0.6) is 0 Å². The molecule has 1 amide bonds. The Morgan fingerprint density at radius 1 is 0.911 bits per heavy atom. The van der Waals surface area contributed by atoms with Crippen molar-refractivity contribution in [1.29, 1.82) is 0 Å². The summed E-state index contributed by atoms with van der Waals surface area (Å²) in [5.41, 5.74) is 7.05. The second kappa shape index (κ2) is 10.4. The van der Waals surface area contributed by atoms with E-state index in [-0.39, 0.29) is 51.7 Å². The van der Waals surface area contributed by atoms with E-state index >= 15 is 8.78 Å². The summed E-state index contributed by atoms with van der Waals surface area (Å²) in [5, 5.41) is 4.17. The fourth-order valence-electron chi connectivity index (χ4n) is 6.02. The van der Waals surface area contributed by atoms with Gasteiger partial charge in [0, 0.05) is 43.7 Å². The lowest BCUT2D eigenvalue weighted by Crippen LogP contribution is -2.50. The molecule has 0 radical (unpaired) electrons. The van der Waals surface area contributed by atoms with E-state index in [1.54, 1.807) is 4.90 Å². The number of amides is 1. The summed E-state index contributed by atoms with van der Waals surface area (Å²) in [7, 11) is 0. The zero-order valence-electron chi connectivity index (χ0n) is 24.0. The molecular weight excluding hydrogens is 584 g/mol. The second-order valence-electron chi connectivity index (χ2n) is 11.6. The molecule has 3 aliphatic rings. The molecule has 1 aliphatic heterocycles. The number of benzene rings is 1. The van der Waals surface area contributed by atoms with Gasteiger partial charge in [-0.2, -0.15) is 14.8 Å². The number of nitrogens with two attached hydrogens (primary N) is 1. The highest BCUT2D eigenvalue weighted by molar-refractivity contribution is 5.91. The van der Waals surface area contributed by atoms with Gasteiger partial charge in [0.15, 0.2) is 11.5 Å². The van der Waals surface area contributed by atoms with E-state index in [0.29, 0.717) is 31.9 Å². The van der Waals surface area contributed by atoms with Crippen LogP contribution in [0.25, 0.3) is 28.0 Å². The Labute approximate surface area is 254 Å². The van der Waals surface area contributed by atoms with E-state index in [1.165, 1.54) is 47.8 Å². The standard InChI is InChI=1S/C30H27F2N11O2/c31-19-2-1-3-21(33)22(19)25-20(32)12-18-27(40-8-10-41(11-9-40)30(45)42-15-34-13-37-42)39-29(44)43(28(18)38-25)26-23(16-4-5-16)35-14-36-24(26)17-6-7-17/h1-3,12-17H,4-11,33H2. The van der Waals surface area contributed by atoms with E-state index < -0.39 is 17.3 Å². The van der Waals surface area contributed by atoms with Crippen LogP contribution in [0.2, 0.25) is 0 Å². The van der Waals surface area contributed by atoms with Crippen LogP contribution in [0.15, 0.2) is 48.0 Å². The Morgan fingerprint density at radius 2 is 1.62 bits per heavy atom. The minimum Gasteiger partial charge on any atom is -0.398 e. The summed E-state index contributed by atoms with van der Waals surface area (Å²) in [5.74, 6) is -1.03. The third kappa shape index (κ3) is 4.65. The number of carbonyl (C=O) groups is 1. The molecule has 5 heterocycles. The summed E-state index contributed by atoms with van der Waals surface area (Å²) in [6, 6.07) is 4.99. The number of rotatable bonds is 5. The zero-order chi connectivity index (χ0) is 30.8. The van der Waals surface area contributed by atoms with Crippen LogP contribution >= 0.6 is 0 Å². The molecule has 15 heteroatoms. The first kappa shape index (κ1) is 27.2. The van der Waals surface area contributed by atoms with Gasteiger partial charge < -0.3 is 15.5 Å². The van der Waals surface area contributed by atoms with Crippen LogP contribution in [-0.4, -0.2) is 76.4 Å². The molecule has 8 rings (SSSR count). The number of piperazine rings is 1. The number of halogens is 2. The van der Waals surface area contributed by atoms with E-state index in [2.05, 4.69) is 30.0 Å². The van der Waals surface area contributed by atoms with Crippen molar-refractivity contribution in [2.75, 3.05) is 36.8 Å². The molecule has 228 valence electrons. The van der Waals surface area contributed by atoms with Gasteiger partial charge in [0.05, 0.1) is 28.0 Å². The lowest BCUT2D eigenvalue weighted by atomic mass is 10.1. The maximum atomic E-state index is 16.0. The first-order valence-corrected chi connectivity index (χ1v) is 14.8. The quantitative estimate of drug-likeness (QED) is 0.293. The molecule has 2 N–H and O–H groups in total. The van der Waals surface area contributed by atoms with Gasteiger partial charge in [-0.15, -0.1) is 0 Å². The van der Waals surface area contributed by atoms with Gasteiger partial charge in [-0.3, -0.25) is 0 Å². The number of nitrogens with zero attached hydrogens (tertiary/aromatic N) is 10. The van der Waals surface area contributed by atoms with E-state index in [9.17, 15) is 9.59 Å². The van der Waals surface area contributed by atoms with Crippen molar-refractivity contribution in [2.24, 2.45) is 0 Å². The number of hydrogen-bond acceptors (Lipinski definition) is 10. The molecule has 5 aromatic rings. The Kier molecular flexibility index (Phi) is 6.28. The monoisotopic (exact) mass is 611 g/mol. The number of hydrogen-bond donors (Lipinski definition) is 1. The average Bonchev–Trinajstić information content (AvgIpc) is 3.99. The van der Waals surface area contributed by atoms with Gasteiger partial charge in [-0.05, 0) is 43.9 Å². The highest BCUT2D eigenvalue weighted by Crippen LogP contribution is 2.47. The molecular formula is C30H27F2N11O2. The molecule has 0 atom stereocenters. The van der Waals surface area contributed by atoms with Gasteiger partial charge in [-0.25, -0.2) is 42.9 Å². The van der Waals surface area contributed by atoms with E-state index in [1.807, 2.05) is 4.90 Å². The molecule has 4 aromatic heterocycles. The van der Waals surface area contributed by atoms with Crippen molar-refractivity contribution in [3.8, 4) is 16.9 Å². The Morgan fingerprint density at radius 3 is 2.24 bits per heavy atom. The van der Waals surface area contributed by atoms with E-state index in [0.717, 1.165) is 41.8 Å². The number of nitrogen functional groups attached to an aromatic ring is 1. The molecule has 13 nitrogen and oxygen atoms in total. The maximum Gasteiger partial charge on any atom is 0.355 e. The van der Waals surface area contributed by atoms with Crippen LogP contribution in [0.1, 0.15) is 48.9 Å². The van der Waals surface area contributed by atoms with Crippen molar-refractivity contribution in [3.05, 3.63) is 76.8 Å². The van der Waals surface area contributed by atoms with Gasteiger partial charge >= 0.3 is 11.7 Å². The largest absolute Gasteiger partial charge is 0.398 e. The van der Waals surface area contributed by atoms with Crippen molar-refractivity contribution < 1.29 is 13.6 Å². The number of anilines is 2.